The van der Waals surface area contributed by atoms with Gasteiger partial charge in [0.25, 0.3) is 5.91 Å². The van der Waals surface area contributed by atoms with Gasteiger partial charge in [-0.05, 0) is 25.8 Å². The molecule has 0 bridgehead atoms. The van der Waals surface area contributed by atoms with Crippen LogP contribution in [0.5, 0.6) is 0 Å². The Kier molecular flexibility index (Phi) is 14.7. The fourth-order valence-corrected chi connectivity index (χ4v) is 3.67. The normalized spacial score (nSPS) is 18.3. The van der Waals surface area contributed by atoms with Crippen molar-refractivity contribution in [1.29, 1.82) is 0 Å². The van der Waals surface area contributed by atoms with Crippen molar-refractivity contribution < 1.29 is 4.79 Å². The molecule has 1 aliphatic rings. The van der Waals surface area contributed by atoms with Crippen LogP contribution in [0.25, 0.3) is 0 Å². The highest BCUT2D eigenvalue weighted by Crippen LogP contribution is 2.15. The Morgan fingerprint density at radius 2 is 1.26 bits per heavy atom. The first-order chi connectivity index (χ1) is 13.2. The molecule has 1 aliphatic heterocycles. The van der Waals surface area contributed by atoms with Gasteiger partial charge in [-0.25, -0.2) is 0 Å². The molecule has 1 atom stereocenters. The maximum Gasteiger partial charge on any atom is 0.268 e. The van der Waals surface area contributed by atoms with E-state index >= 15 is 0 Å². The number of nitrogens with zero attached hydrogens (tertiary/aromatic N) is 2. The summed E-state index contributed by atoms with van der Waals surface area (Å²) in [4.78, 5) is 12.5. The summed E-state index contributed by atoms with van der Waals surface area (Å²) in [6, 6.07) is 0. The van der Waals surface area contributed by atoms with Gasteiger partial charge in [0.1, 0.15) is 0 Å². The van der Waals surface area contributed by atoms with Crippen LogP contribution in [0.1, 0.15) is 111 Å². The molecule has 5 heteroatoms. The van der Waals surface area contributed by atoms with Gasteiger partial charge in [-0.2, -0.15) is 10.1 Å². The summed E-state index contributed by atoms with van der Waals surface area (Å²) in [7, 11) is 0. The van der Waals surface area contributed by atoms with Gasteiger partial charge in [0.15, 0.2) is 6.17 Å². The molecular formula is C22H46N4O. The highest BCUT2D eigenvalue weighted by molar-refractivity contribution is 5.82. The number of unbranched alkanes of at least 4 members (excludes halogenated alkanes) is 11. The fourth-order valence-electron chi connectivity index (χ4n) is 3.67. The Morgan fingerprint density at radius 3 is 1.85 bits per heavy atom. The van der Waals surface area contributed by atoms with Gasteiger partial charge in [-0.15, -0.1) is 0 Å². The third-order valence-electron chi connectivity index (χ3n) is 5.43. The molecule has 1 rings (SSSR count). The van der Waals surface area contributed by atoms with Gasteiger partial charge in [-0.3, -0.25) is 15.5 Å². The molecule has 27 heavy (non-hydrogen) atoms. The minimum Gasteiger partial charge on any atom is -0.293 e. The highest BCUT2D eigenvalue weighted by atomic mass is 16.2. The Hall–Kier alpha value is -0.650. The number of carbonyl (C=O) groups is 1. The van der Waals surface area contributed by atoms with Crippen LogP contribution in [-0.4, -0.2) is 41.8 Å². The maximum atomic E-state index is 12.5. The molecule has 1 saturated heterocycles. The van der Waals surface area contributed by atoms with Crippen LogP contribution in [0.3, 0.4) is 0 Å². The monoisotopic (exact) mass is 382 g/mol. The first-order valence-electron chi connectivity index (χ1n) is 11.8. The lowest BCUT2D eigenvalue weighted by Crippen LogP contribution is -2.50. The number of hydrazine groups is 2. The van der Waals surface area contributed by atoms with Crippen LogP contribution in [0, 0.1) is 0 Å². The van der Waals surface area contributed by atoms with Gasteiger partial charge in [-0.1, -0.05) is 91.4 Å². The Morgan fingerprint density at radius 1 is 0.741 bits per heavy atom. The molecular weight excluding hydrogens is 336 g/mol. The third-order valence-corrected chi connectivity index (χ3v) is 5.43. The van der Waals surface area contributed by atoms with Crippen molar-refractivity contribution >= 4 is 5.91 Å². The lowest BCUT2D eigenvalue weighted by atomic mass is 10.1. The van der Waals surface area contributed by atoms with E-state index in [1.54, 1.807) is 0 Å². The summed E-state index contributed by atoms with van der Waals surface area (Å²) in [5.41, 5.74) is 3.10. The average molecular weight is 383 g/mol. The molecule has 0 aromatic rings. The smallest absolute Gasteiger partial charge is 0.268 e. The number of hydrogen-bond donors (Lipinski definition) is 2. The number of amides is 1. The molecule has 0 radical (unpaired) electrons. The third kappa shape index (κ3) is 10.5. The van der Waals surface area contributed by atoms with E-state index < -0.39 is 0 Å². The average Bonchev–Trinajstić information content (AvgIpc) is 2.96. The van der Waals surface area contributed by atoms with Crippen molar-refractivity contribution in [1.82, 2.24) is 20.9 Å². The minimum atomic E-state index is -0.188. The molecule has 0 aromatic heterocycles. The topological polar surface area (TPSA) is 47.6 Å². The summed E-state index contributed by atoms with van der Waals surface area (Å²) in [5, 5.41) is 7.81. The summed E-state index contributed by atoms with van der Waals surface area (Å²) in [5.74, 6) is 0.114. The SMILES string of the molecule is CCCCCCCCN1NC(=O)C(NCCCC)N1CCCCCCCC. The summed E-state index contributed by atoms with van der Waals surface area (Å²) >= 11 is 0. The van der Waals surface area contributed by atoms with Crippen LogP contribution in [0.2, 0.25) is 0 Å². The molecule has 0 saturated carbocycles. The molecule has 5 nitrogen and oxygen atoms in total. The number of nitrogens with one attached hydrogen (secondary N) is 2. The number of hydrogen-bond acceptors (Lipinski definition) is 4. The molecule has 2 N–H and O–H groups in total. The summed E-state index contributed by atoms with van der Waals surface area (Å²) in [6.07, 6.45) is 17.5. The molecule has 1 heterocycles. The molecule has 1 unspecified atom stereocenters. The van der Waals surface area contributed by atoms with Gasteiger partial charge in [0.2, 0.25) is 0 Å². The van der Waals surface area contributed by atoms with E-state index in [4.69, 9.17) is 0 Å². The van der Waals surface area contributed by atoms with Gasteiger partial charge < -0.3 is 0 Å². The van der Waals surface area contributed by atoms with Crippen LogP contribution in [0.15, 0.2) is 0 Å². The van der Waals surface area contributed by atoms with Gasteiger partial charge >= 0.3 is 0 Å². The maximum absolute atomic E-state index is 12.5. The molecule has 160 valence electrons. The van der Waals surface area contributed by atoms with E-state index in [0.717, 1.165) is 45.3 Å². The van der Waals surface area contributed by atoms with Crippen molar-refractivity contribution in [2.45, 2.75) is 117 Å². The molecule has 0 aliphatic carbocycles. The zero-order chi connectivity index (χ0) is 19.7. The summed E-state index contributed by atoms with van der Waals surface area (Å²) < 4.78 is 0. The first kappa shape index (κ1) is 24.4. The fraction of sp³-hybridized carbons (Fsp3) is 0.955. The van der Waals surface area contributed by atoms with Crippen LogP contribution in [-0.2, 0) is 4.79 Å². The second-order valence-corrected chi connectivity index (χ2v) is 8.01. The second-order valence-electron chi connectivity index (χ2n) is 8.01. The van der Waals surface area contributed by atoms with Crippen LogP contribution in [0.4, 0.5) is 0 Å². The largest absolute Gasteiger partial charge is 0.293 e. The van der Waals surface area contributed by atoms with Crippen molar-refractivity contribution in [2.24, 2.45) is 0 Å². The predicted octanol–water partition coefficient (Wildman–Crippen LogP) is 4.99. The van der Waals surface area contributed by atoms with Crippen molar-refractivity contribution in [3.05, 3.63) is 0 Å². The quantitative estimate of drug-likeness (QED) is 0.328. The predicted molar refractivity (Wildman–Crippen MR) is 115 cm³/mol. The zero-order valence-electron chi connectivity index (χ0n) is 18.4. The van der Waals surface area contributed by atoms with Crippen molar-refractivity contribution in [3.63, 3.8) is 0 Å². The Labute approximate surface area is 168 Å². The van der Waals surface area contributed by atoms with Crippen molar-refractivity contribution in [3.8, 4) is 0 Å². The van der Waals surface area contributed by atoms with E-state index in [1.165, 1.54) is 64.2 Å². The summed E-state index contributed by atoms with van der Waals surface area (Å²) in [6.45, 7) is 9.51. The second kappa shape index (κ2) is 16.3. The minimum absolute atomic E-state index is 0.114. The van der Waals surface area contributed by atoms with E-state index in [1.807, 2.05) is 0 Å². The van der Waals surface area contributed by atoms with E-state index in [2.05, 4.69) is 41.6 Å². The number of carbonyl (C=O) groups excluding carboxylic acids is 1. The van der Waals surface area contributed by atoms with Crippen LogP contribution < -0.4 is 10.7 Å². The number of rotatable bonds is 18. The molecule has 0 spiro atoms. The van der Waals surface area contributed by atoms with E-state index in [9.17, 15) is 4.79 Å². The molecule has 1 amide bonds. The Bertz CT molecular complexity index is 364. The lowest BCUT2D eigenvalue weighted by molar-refractivity contribution is -0.122. The standard InChI is InChI=1S/C22H46N4O/c1-4-7-10-12-14-16-19-25-21(23-18-9-6-3)22(27)24-26(25)20-17-15-13-11-8-5-2/h21,23H,4-20H2,1-3H3,(H,24,27). The van der Waals surface area contributed by atoms with E-state index in [0.29, 0.717) is 0 Å². The van der Waals surface area contributed by atoms with E-state index in [-0.39, 0.29) is 12.1 Å². The molecule has 0 aromatic carbocycles. The van der Waals surface area contributed by atoms with Gasteiger partial charge in [0, 0.05) is 13.1 Å². The van der Waals surface area contributed by atoms with Crippen LogP contribution >= 0.6 is 0 Å². The molecule has 1 fully saturated rings. The zero-order valence-corrected chi connectivity index (χ0v) is 18.4. The first-order valence-corrected chi connectivity index (χ1v) is 11.8. The Balaban J connectivity index is 2.41. The highest BCUT2D eigenvalue weighted by Gasteiger charge is 2.37. The van der Waals surface area contributed by atoms with Gasteiger partial charge in [0.05, 0.1) is 0 Å². The lowest BCUT2D eigenvalue weighted by Gasteiger charge is -2.30. The van der Waals surface area contributed by atoms with Crippen molar-refractivity contribution in [2.75, 3.05) is 19.6 Å².